The molecular weight excluding hydrogens is 278 g/mol. The average molecular weight is 301 g/mol. The highest BCUT2D eigenvalue weighted by Crippen LogP contribution is 2.12. The zero-order chi connectivity index (χ0) is 16.1. The van der Waals surface area contributed by atoms with Gasteiger partial charge < -0.3 is 10.4 Å². The normalized spacial score (nSPS) is 11.0. The van der Waals surface area contributed by atoms with Crippen molar-refractivity contribution in [2.45, 2.75) is 39.8 Å². The Kier molecular flexibility index (Phi) is 5.33. The molecule has 5 heteroatoms. The Balaban J connectivity index is 1.90. The van der Waals surface area contributed by atoms with Gasteiger partial charge in [-0.25, -0.2) is 0 Å². The van der Waals surface area contributed by atoms with Crippen LogP contribution in [0.25, 0.3) is 0 Å². The molecule has 0 unspecified atom stereocenters. The Hall–Kier alpha value is -2.14. The molecule has 1 amide bonds. The van der Waals surface area contributed by atoms with Crippen LogP contribution in [0.1, 0.15) is 47.1 Å². The van der Waals surface area contributed by atoms with Crippen molar-refractivity contribution in [2.75, 3.05) is 6.54 Å². The third-order valence-electron chi connectivity index (χ3n) is 3.68. The summed E-state index contributed by atoms with van der Waals surface area (Å²) in [6.45, 7) is 6.62. The standard InChI is InChI=1S/C17H23N3O2/c1-12(2)20-13(3)16(10-19-20)17(22)18-9-8-14-4-6-15(11-21)7-5-14/h4-7,10,12,21H,8-9,11H2,1-3H3,(H,18,22). The van der Waals surface area contributed by atoms with Gasteiger partial charge in [-0.05, 0) is 38.3 Å². The lowest BCUT2D eigenvalue weighted by molar-refractivity contribution is 0.0953. The van der Waals surface area contributed by atoms with Gasteiger partial charge in [0.2, 0.25) is 0 Å². The van der Waals surface area contributed by atoms with Gasteiger partial charge >= 0.3 is 0 Å². The topological polar surface area (TPSA) is 67.2 Å². The lowest BCUT2D eigenvalue weighted by Crippen LogP contribution is -2.26. The van der Waals surface area contributed by atoms with Gasteiger partial charge in [0, 0.05) is 18.3 Å². The summed E-state index contributed by atoms with van der Waals surface area (Å²) in [4.78, 5) is 12.2. The van der Waals surface area contributed by atoms with Crippen LogP contribution in [0.15, 0.2) is 30.5 Å². The predicted molar refractivity (Wildman–Crippen MR) is 85.8 cm³/mol. The van der Waals surface area contributed by atoms with Gasteiger partial charge in [-0.15, -0.1) is 0 Å². The van der Waals surface area contributed by atoms with Crippen molar-refractivity contribution >= 4 is 5.91 Å². The Morgan fingerprint density at radius 3 is 2.45 bits per heavy atom. The third kappa shape index (κ3) is 3.74. The molecular formula is C17H23N3O2. The molecule has 118 valence electrons. The number of benzene rings is 1. The summed E-state index contributed by atoms with van der Waals surface area (Å²) in [6.07, 6.45) is 2.38. The zero-order valence-electron chi connectivity index (χ0n) is 13.3. The smallest absolute Gasteiger partial charge is 0.254 e. The highest BCUT2D eigenvalue weighted by Gasteiger charge is 2.14. The summed E-state index contributed by atoms with van der Waals surface area (Å²) >= 11 is 0. The molecule has 1 aromatic heterocycles. The molecule has 1 heterocycles. The van der Waals surface area contributed by atoms with E-state index in [4.69, 9.17) is 5.11 Å². The predicted octanol–water partition coefficient (Wildman–Crippen LogP) is 2.24. The van der Waals surface area contributed by atoms with E-state index < -0.39 is 0 Å². The van der Waals surface area contributed by atoms with Gasteiger partial charge in [0.25, 0.3) is 5.91 Å². The van der Waals surface area contributed by atoms with Gasteiger partial charge in [-0.3, -0.25) is 9.48 Å². The number of nitrogens with one attached hydrogen (secondary N) is 1. The number of amides is 1. The Morgan fingerprint density at radius 1 is 1.27 bits per heavy atom. The van der Waals surface area contributed by atoms with Crippen LogP contribution >= 0.6 is 0 Å². The molecule has 0 saturated carbocycles. The lowest BCUT2D eigenvalue weighted by atomic mass is 10.1. The van der Waals surface area contributed by atoms with Crippen molar-refractivity contribution in [3.8, 4) is 0 Å². The van der Waals surface area contributed by atoms with Crippen LogP contribution in [-0.4, -0.2) is 27.3 Å². The Bertz CT molecular complexity index is 630. The maximum absolute atomic E-state index is 12.2. The van der Waals surface area contributed by atoms with Crippen molar-refractivity contribution in [3.63, 3.8) is 0 Å². The number of hydrogen-bond acceptors (Lipinski definition) is 3. The van der Waals surface area contributed by atoms with E-state index >= 15 is 0 Å². The molecule has 0 atom stereocenters. The molecule has 0 aliphatic heterocycles. The fourth-order valence-electron chi connectivity index (χ4n) is 2.39. The molecule has 2 aromatic rings. The minimum atomic E-state index is -0.0867. The second kappa shape index (κ2) is 7.22. The fraction of sp³-hybridized carbons (Fsp3) is 0.412. The molecule has 2 N–H and O–H groups in total. The van der Waals surface area contributed by atoms with E-state index in [1.54, 1.807) is 6.20 Å². The first-order valence-corrected chi connectivity index (χ1v) is 7.54. The van der Waals surface area contributed by atoms with E-state index in [9.17, 15) is 4.79 Å². The molecule has 0 bridgehead atoms. The summed E-state index contributed by atoms with van der Waals surface area (Å²) in [5.74, 6) is -0.0867. The van der Waals surface area contributed by atoms with Gasteiger partial charge in [0.15, 0.2) is 0 Å². The Labute approximate surface area is 131 Å². The third-order valence-corrected chi connectivity index (χ3v) is 3.68. The van der Waals surface area contributed by atoms with Gasteiger partial charge in [0.1, 0.15) is 0 Å². The van der Waals surface area contributed by atoms with Crippen LogP contribution < -0.4 is 5.32 Å². The molecule has 0 aliphatic carbocycles. The number of carbonyl (C=O) groups is 1. The molecule has 2 rings (SSSR count). The summed E-state index contributed by atoms with van der Waals surface area (Å²) in [6, 6.07) is 7.98. The maximum Gasteiger partial charge on any atom is 0.254 e. The molecule has 0 aliphatic rings. The second-order valence-corrected chi connectivity index (χ2v) is 5.66. The maximum atomic E-state index is 12.2. The molecule has 0 radical (unpaired) electrons. The molecule has 0 saturated heterocycles. The SMILES string of the molecule is Cc1c(C(=O)NCCc2ccc(CO)cc2)cnn1C(C)C. The molecule has 22 heavy (non-hydrogen) atoms. The van der Waals surface area contributed by atoms with Crippen LogP contribution in [0.5, 0.6) is 0 Å². The van der Waals surface area contributed by atoms with E-state index in [0.29, 0.717) is 12.1 Å². The molecule has 5 nitrogen and oxygen atoms in total. The number of nitrogens with zero attached hydrogens (tertiary/aromatic N) is 2. The number of aromatic nitrogens is 2. The minimum absolute atomic E-state index is 0.0517. The number of rotatable bonds is 6. The van der Waals surface area contributed by atoms with E-state index in [-0.39, 0.29) is 18.6 Å². The fourth-order valence-corrected chi connectivity index (χ4v) is 2.39. The number of aliphatic hydroxyl groups excluding tert-OH is 1. The molecule has 1 aromatic carbocycles. The van der Waals surface area contributed by atoms with Gasteiger partial charge in [-0.2, -0.15) is 5.10 Å². The molecule has 0 fully saturated rings. The van der Waals surface area contributed by atoms with Crippen LogP contribution in [0.4, 0.5) is 0 Å². The summed E-state index contributed by atoms with van der Waals surface area (Å²) in [5, 5.41) is 16.2. The van der Waals surface area contributed by atoms with E-state index in [2.05, 4.69) is 10.4 Å². The van der Waals surface area contributed by atoms with E-state index in [1.807, 2.05) is 49.7 Å². The van der Waals surface area contributed by atoms with Crippen LogP contribution in [0.2, 0.25) is 0 Å². The van der Waals surface area contributed by atoms with Crippen LogP contribution in [0, 0.1) is 6.92 Å². The average Bonchev–Trinajstić information content (AvgIpc) is 2.90. The minimum Gasteiger partial charge on any atom is -0.392 e. The first-order chi connectivity index (χ1) is 10.5. The van der Waals surface area contributed by atoms with E-state index in [1.165, 1.54) is 0 Å². The van der Waals surface area contributed by atoms with Crippen molar-refractivity contribution in [2.24, 2.45) is 0 Å². The number of carbonyl (C=O) groups excluding carboxylic acids is 1. The summed E-state index contributed by atoms with van der Waals surface area (Å²) in [7, 11) is 0. The summed E-state index contributed by atoms with van der Waals surface area (Å²) < 4.78 is 1.85. The molecule has 0 spiro atoms. The number of aliphatic hydroxyl groups is 1. The van der Waals surface area contributed by atoms with Crippen molar-refractivity contribution in [1.82, 2.24) is 15.1 Å². The number of hydrogen-bond donors (Lipinski definition) is 2. The van der Waals surface area contributed by atoms with Gasteiger partial charge in [0.05, 0.1) is 18.4 Å². The lowest BCUT2D eigenvalue weighted by Gasteiger charge is -2.09. The largest absolute Gasteiger partial charge is 0.392 e. The monoisotopic (exact) mass is 301 g/mol. The van der Waals surface area contributed by atoms with E-state index in [0.717, 1.165) is 23.2 Å². The van der Waals surface area contributed by atoms with Crippen molar-refractivity contribution in [1.29, 1.82) is 0 Å². The van der Waals surface area contributed by atoms with Crippen molar-refractivity contribution in [3.05, 3.63) is 52.8 Å². The van der Waals surface area contributed by atoms with Crippen molar-refractivity contribution < 1.29 is 9.90 Å². The first-order valence-electron chi connectivity index (χ1n) is 7.54. The summed E-state index contributed by atoms with van der Waals surface area (Å²) in [5.41, 5.74) is 3.54. The van der Waals surface area contributed by atoms with Crippen LogP contribution in [-0.2, 0) is 13.0 Å². The quantitative estimate of drug-likeness (QED) is 0.860. The second-order valence-electron chi connectivity index (χ2n) is 5.66. The first kappa shape index (κ1) is 16.2. The zero-order valence-corrected chi connectivity index (χ0v) is 13.3. The van der Waals surface area contributed by atoms with Gasteiger partial charge in [-0.1, -0.05) is 24.3 Å². The van der Waals surface area contributed by atoms with Crippen LogP contribution in [0.3, 0.4) is 0 Å². The Morgan fingerprint density at radius 2 is 1.91 bits per heavy atom. The highest BCUT2D eigenvalue weighted by molar-refractivity contribution is 5.95. The highest BCUT2D eigenvalue weighted by atomic mass is 16.3.